The number of fused-ring (bicyclic) bond motifs is 1. The van der Waals surface area contributed by atoms with Crippen molar-refractivity contribution in [3.05, 3.63) is 35.1 Å². The molecule has 2 aliphatic rings. The molecule has 94 valence electrons. The molecule has 1 N–H and O–H groups in total. The van der Waals surface area contributed by atoms with E-state index in [0.29, 0.717) is 23.9 Å². The summed E-state index contributed by atoms with van der Waals surface area (Å²) >= 11 is 0. The second kappa shape index (κ2) is 4.68. The number of benzene rings is 1. The van der Waals surface area contributed by atoms with Gasteiger partial charge in [0, 0.05) is 25.2 Å². The molecule has 18 heavy (non-hydrogen) atoms. The van der Waals surface area contributed by atoms with Gasteiger partial charge in [0.25, 0.3) is 0 Å². The van der Waals surface area contributed by atoms with Gasteiger partial charge in [0.2, 0.25) is 0 Å². The van der Waals surface area contributed by atoms with Gasteiger partial charge < -0.3 is 5.32 Å². The Morgan fingerprint density at radius 3 is 2.72 bits per heavy atom. The van der Waals surface area contributed by atoms with E-state index in [0.717, 1.165) is 26.2 Å². The summed E-state index contributed by atoms with van der Waals surface area (Å²) in [6, 6.07) is 6.97. The largest absolute Gasteiger partial charge is 0.316 e. The van der Waals surface area contributed by atoms with Gasteiger partial charge in [0.05, 0.1) is 5.56 Å². The monoisotopic (exact) mass is 245 g/mol. The van der Waals surface area contributed by atoms with Crippen LogP contribution in [0.25, 0.3) is 0 Å². The minimum Gasteiger partial charge on any atom is -0.316 e. The third-order valence-electron chi connectivity index (χ3n) is 4.06. The summed E-state index contributed by atoms with van der Waals surface area (Å²) in [5.41, 5.74) is 0.788. The molecule has 0 saturated carbocycles. The van der Waals surface area contributed by atoms with Crippen molar-refractivity contribution in [2.45, 2.75) is 6.54 Å². The second-order valence-corrected chi connectivity index (χ2v) is 5.26. The molecule has 2 atom stereocenters. The zero-order chi connectivity index (χ0) is 12.5. The Hall–Kier alpha value is -1.44. The summed E-state index contributed by atoms with van der Waals surface area (Å²) in [6.07, 6.45) is 0. The molecule has 0 aliphatic carbocycles. The van der Waals surface area contributed by atoms with Crippen LogP contribution in [0.4, 0.5) is 4.39 Å². The number of hydrogen-bond acceptors (Lipinski definition) is 3. The van der Waals surface area contributed by atoms with E-state index in [-0.39, 0.29) is 11.4 Å². The minimum atomic E-state index is -0.352. The molecule has 2 fully saturated rings. The fourth-order valence-electron chi connectivity index (χ4n) is 3.11. The van der Waals surface area contributed by atoms with Crippen LogP contribution in [0.3, 0.4) is 0 Å². The fraction of sp³-hybridized carbons (Fsp3) is 0.500. The first-order chi connectivity index (χ1) is 8.78. The predicted molar refractivity (Wildman–Crippen MR) is 66.2 cm³/mol. The number of nitriles is 1. The minimum absolute atomic E-state index is 0.147. The van der Waals surface area contributed by atoms with Crippen molar-refractivity contribution in [3.8, 4) is 6.07 Å². The third-order valence-corrected chi connectivity index (χ3v) is 4.06. The molecular weight excluding hydrogens is 229 g/mol. The van der Waals surface area contributed by atoms with Gasteiger partial charge in [0.1, 0.15) is 11.9 Å². The van der Waals surface area contributed by atoms with Crippen molar-refractivity contribution in [1.82, 2.24) is 10.2 Å². The zero-order valence-corrected chi connectivity index (χ0v) is 10.2. The molecule has 2 aliphatic heterocycles. The summed E-state index contributed by atoms with van der Waals surface area (Å²) in [6.45, 7) is 4.86. The van der Waals surface area contributed by atoms with Gasteiger partial charge in [-0.1, -0.05) is 12.1 Å². The molecule has 1 aromatic carbocycles. The smallest absolute Gasteiger partial charge is 0.145 e. The molecule has 0 amide bonds. The normalized spacial score (nSPS) is 27.1. The first kappa shape index (κ1) is 11.6. The predicted octanol–water partition coefficient (Wildman–Crippen LogP) is 1.35. The van der Waals surface area contributed by atoms with Gasteiger partial charge in [-0.25, -0.2) is 4.39 Å². The van der Waals surface area contributed by atoms with E-state index >= 15 is 0 Å². The first-order valence-electron chi connectivity index (χ1n) is 6.38. The molecule has 3 rings (SSSR count). The van der Waals surface area contributed by atoms with Gasteiger partial charge in [0.15, 0.2) is 0 Å². The molecule has 4 heteroatoms. The Bertz CT molecular complexity index is 482. The maximum Gasteiger partial charge on any atom is 0.145 e. The lowest BCUT2D eigenvalue weighted by atomic mass is 10.0. The van der Waals surface area contributed by atoms with Gasteiger partial charge in [-0.3, -0.25) is 4.90 Å². The van der Waals surface area contributed by atoms with Crippen LogP contribution in [0.1, 0.15) is 11.1 Å². The average Bonchev–Trinajstić information content (AvgIpc) is 2.92. The van der Waals surface area contributed by atoms with E-state index in [1.165, 1.54) is 6.07 Å². The topological polar surface area (TPSA) is 39.1 Å². The standard InChI is InChI=1S/C14H16FN3/c15-14-10(4-16)2-1-3-11(14)7-18-8-12-5-17-6-13(12)9-18/h1-3,12-13,17H,5-9H2. The van der Waals surface area contributed by atoms with Crippen molar-refractivity contribution in [3.63, 3.8) is 0 Å². The number of nitrogens with zero attached hydrogens (tertiary/aromatic N) is 2. The summed E-state index contributed by atoms with van der Waals surface area (Å²) in [5.74, 6) is 1.08. The first-order valence-corrected chi connectivity index (χ1v) is 6.38. The summed E-state index contributed by atoms with van der Waals surface area (Å²) in [5, 5.41) is 12.2. The molecule has 0 radical (unpaired) electrons. The number of rotatable bonds is 2. The molecule has 2 saturated heterocycles. The van der Waals surface area contributed by atoms with Gasteiger partial charge in [-0.2, -0.15) is 5.26 Å². The van der Waals surface area contributed by atoms with Crippen LogP contribution >= 0.6 is 0 Å². The fourth-order valence-corrected chi connectivity index (χ4v) is 3.11. The Labute approximate surface area is 106 Å². The summed E-state index contributed by atoms with van der Waals surface area (Å²) in [7, 11) is 0. The van der Waals surface area contributed by atoms with Gasteiger partial charge >= 0.3 is 0 Å². The van der Waals surface area contributed by atoms with Crippen LogP contribution < -0.4 is 5.32 Å². The molecule has 0 aromatic heterocycles. The van der Waals surface area contributed by atoms with Crippen molar-refractivity contribution < 1.29 is 4.39 Å². The third kappa shape index (κ3) is 2.00. The van der Waals surface area contributed by atoms with Crippen LogP contribution in [0.2, 0.25) is 0 Å². The lowest BCUT2D eigenvalue weighted by Crippen LogP contribution is -2.25. The van der Waals surface area contributed by atoms with Crippen molar-refractivity contribution >= 4 is 0 Å². The maximum atomic E-state index is 14.0. The zero-order valence-electron chi connectivity index (χ0n) is 10.2. The Morgan fingerprint density at radius 1 is 1.33 bits per heavy atom. The van der Waals surface area contributed by atoms with Crippen LogP contribution in [-0.2, 0) is 6.54 Å². The lowest BCUT2D eigenvalue weighted by Gasteiger charge is -2.17. The maximum absolute atomic E-state index is 14.0. The van der Waals surface area contributed by atoms with E-state index in [2.05, 4.69) is 10.2 Å². The molecule has 0 spiro atoms. The van der Waals surface area contributed by atoms with Gasteiger partial charge in [-0.15, -0.1) is 0 Å². The quantitative estimate of drug-likeness (QED) is 0.855. The molecule has 0 bridgehead atoms. The number of likely N-dealkylation sites (tertiary alicyclic amines) is 1. The summed E-state index contributed by atoms with van der Waals surface area (Å²) in [4.78, 5) is 2.30. The van der Waals surface area contributed by atoms with Crippen molar-refractivity contribution in [1.29, 1.82) is 5.26 Å². The van der Waals surface area contributed by atoms with Crippen LogP contribution in [0.5, 0.6) is 0 Å². The van der Waals surface area contributed by atoms with Crippen molar-refractivity contribution in [2.75, 3.05) is 26.2 Å². The molecule has 1 aromatic rings. The molecule has 3 nitrogen and oxygen atoms in total. The highest BCUT2D eigenvalue weighted by Crippen LogP contribution is 2.28. The summed E-state index contributed by atoms with van der Waals surface area (Å²) < 4.78 is 14.0. The van der Waals surface area contributed by atoms with E-state index in [9.17, 15) is 4.39 Å². The molecular formula is C14H16FN3. The highest BCUT2D eigenvalue weighted by atomic mass is 19.1. The molecule has 2 unspecified atom stereocenters. The van der Waals surface area contributed by atoms with Crippen LogP contribution in [-0.4, -0.2) is 31.1 Å². The van der Waals surface area contributed by atoms with E-state index < -0.39 is 0 Å². The second-order valence-electron chi connectivity index (χ2n) is 5.26. The van der Waals surface area contributed by atoms with Crippen molar-refractivity contribution in [2.24, 2.45) is 11.8 Å². The highest BCUT2D eigenvalue weighted by Gasteiger charge is 2.36. The number of hydrogen-bond donors (Lipinski definition) is 1. The van der Waals surface area contributed by atoms with Gasteiger partial charge in [-0.05, 0) is 31.0 Å². The SMILES string of the molecule is N#Cc1cccc(CN2CC3CNCC3C2)c1F. The lowest BCUT2D eigenvalue weighted by molar-refractivity contribution is 0.301. The van der Waals surface area contributed by atoms with E-state index in [4.69, 9.17) is 5.26 Å². The highest BCUT2D eigenvalue weighted by molar-refractivity contribution is 5.34. The van der Waals surface area contributed by atoms with E-state index in [1.807, 2.05) is 6.07 Å². The Kier molecular flexibility index (Phi) is 3.02. The number of nitrogens with one attached hydrogen (secondary N) is 1. The van der Waals surface area contributed by atoms with Crippen LogP contribution in [0.15, 0.2) is 18.2 Å². The average molecular weight is 245 g/mol. The Morgan fingerprint density at radius 2 is 2.06 bits per heavy atom. The van der Waals surface area contributed by atoms with E-state index in [1.54, 1.807) is 12.1 Å². The van der Waals surface area contributed by atoms with Crippen LogP contribution in [0, 0.1) is 29.0 Å². The number of halogens is 1. The molecule has 2 heterocycles. The Balaban J connectivity index is 1.72.